The molecule has 12 heavy (non-hydrogen) atoms. The minimum absolute atomic E-state index is 0.759. The van der Waals surface area contributed by atoms with Crippen molar-refractivity contribution < 1.29 is 0 Å². The third-order valence-electron chi connectivity index (χ3n) is 1.73. The van der Waals surface area contributed by atoms with Gasteiger partial charge in [0.15, 0.2) is 0 Å². The molecule has 0 fully saturated rings. The summed E-state index contributed by atoms with van der Waals surface area (Å²) in [6.07, 6.45) is 6.30. The molecule has 0 unspecified atom stereocenters. The molecule has 0 amide bonds. The van der Waals surface area contributed by atoms with Gasteiger partial charge in [-0.15, -0.1) is 0 Å². The number of rotatable bonds is 1. The van der Waals surface area contributed by atoms with Crippen LogP contribution in [0.15, 0.2) is 27.2 Å². The molecule has 0 atom stereocenters. The lowest BCUT2D eigenvalue weighted by Crippen LogP contribution is -1.93. The maximum Gasteiger partial charge on any atom is 0.100 e. The molecule has 1 nitrogen and oxygen atoms in total. The van der Waals surface area contributed by atoms with E-state index >= 15 is 0 Å². The first-order valence-corrected chi connectivity index (χ1v) is 5.55. The Balaban J connectivity index is 2.84. The van der Waals surface area contributed by atoms with Crippen LogP contribution in [0.5, 0.6) is 0 Å². The van der Waals surface area contributed by atoms with Crippen molar-refractivity contribution in [3.05, 3.63) is 22.2 Å². The molecule has 0 bridgehead atoms. The minimum Gasteiger partial charge on any atom is -0.274 e. The van der Waals surface area contributed by atoms with E-state index in [1.807, 2.05) is 0 Å². The van der Waals surface area contributed by atoms with E-state index < -0.39 is 0 Å². The molecular weight excluding hydrogens is 282 g/mol. The van der Waals surface area contributed by atoms with Crippen LogP contribution in [0.25, 0.3) is 0 Å². The first-order valence-electron chi connectivity index (χ1n) is 3.96. The van der Waals surface area contributed by atoms with Crippen molar-refractivity contribution in [2.45, 2.75) is 19.8 Å². The Labute approximate surface area is 89.9 Å². The van der Waals surface area contributed by atoms with Gasteiger partial charge < -0.3 is 0 Å². The van der Waals surface area contributed by atoms with Crippen LogP contribution in [0, 0.1) is 0 Å². The Morgan fingerprint density at radius 2 is 2.25 bits per heavy atom. The summed E-state index contributed by atoms with van der Waals surface area (Å²) in [7, 11) is 0. The standard InChI is InChI=1S/C9H11Br2N/c1-2-7-5-8(10)3-4-12-9(11)6-7/h3,6H,2,4-5H2,1H3/b7-6-,8-3-,12-9?. The summed E-state index contributed by atoms with van der Waals surface area (Å²) in [6, 6.07) is 0. The van der Waals surface area contributed by atoms with Crippen molar-refractivity contribution in [2.75, 3.05) is 6.54 Å². The van der Waals surface area contributed by atoms with Crippen molar-refractivity contribution in [3.8, 4) is 0 Å². The summed E-state index contributed by atoms with van der Waals surface area (Å²) >= 11 is 6.91. The fourth-order valence-corrected chi connectivity index (χ4v) is 1.99. The van der Waals surface area contributed by atoms with Crippen molar-refractivity contribution in [3.63, 3.8) is 0 Å². The predicted molar refractivity (Wildman–Crippen MR) is 61.2 cm³/mol. The van der Waals surface area contributed by atoms with Crippen LogP contribution < -0.4 is 0 Å². The van der Waals surface area contributed by atoms with E-state index in [0.29, 0.717) is 0 Å². The Kier molecular flexibility index (Phi) is 4.22. The largest absolute Gasteiger partial charge is 0.274 e. The normalized spacial score (nSPS) is 27.4. The van der Waals surface area contributed by atoms with E-state index in [1.165, 1.54) is 10.1 Å². The average Bonchev–Trinajstić information content (AvgIpc) is 2.00. The molecular formula is C9H11Br2N. The SMILES string of the molecule is CC/C1=C/C(Br)=NC/C=C(\Br)C1. The Morgan fingerprint density at radius 1 is 1.50 bits per heavy atom. The van der Waals surface area contributed by atoms with E-state index in [0.717, 1.165) is 24.0 Å². The molecule has 0 N–H and O–H groups in total. The molecule has 66 valence electrons. The van der Waals surface area contributed by atoms with Gasteiger partial charge in [0.05, 0.1) is 6.54 Å². The van der Waals surface area contributed by atoms with Crippen LogP contribution in [-0.4, -0.2) is 11.2 Å². The van der Waals surface area contributed by atoms with Gasteiger partial charge in [-0.2, -0.15) is 0 Å². The Bertz CT molecular complexity index is 251. The second-order valence-corrected chi connectivity index (χ2v) is 4.48. The molecule has 0 saturated heterocycles. The maximum absolute atomic E-state index is 4.28. The molecule has 0 aromatic heterocycles. The van der Waals surface area contributed by atoms with E-state index in [9.17, 15) is 0 Å². The molecule has 0 aromatic carbocycles. The van der Waals surface area contributed by atoms with Gasteiger partial charge >= 0.3 is 0 Å². The van der Waals surface area contributed by atoms with Crippen molar-refractivity contribution in [1.82, 2.24) is 0 Å². The second kappa shape index (κ2) is 4.97. The number of hydrogen-bond donors (Lipinski definition) is 0. The summed E-state index contributed by atoms with van der Waals surface area (Å²) in [5, 5.41) is 0. The van der Waals surface area contributed by atoms with Gasteiger partial charge in [-0.05, 0) is 32.9 Å². The molecule has 1 heterocycles. The highest BCUT2D eigenvalue weighted by molar-refractivity contribution is 9.18. The zero-order chi connectivity index (χ0) is 8.97. The van der Waals surface area contributed by atoms with Gasteiger partial charge in [0, 0.05) is 6.42 Å². The summed E-state index contributed by atoms with van der Waals surface area (Å²) in [5.74, 6) is 0. The van der Waals surface area contributed by atoms with E-state index in [-0.39, 0.29) is 0 Å². The molecule has 0 spiro atoms. The smallest absolute Gasteiger partial charge is 0.100 e. The van der Waals surface area contributed by atoms with Gasteiger partial charge in [0.25, 0.3) is 0 Å². The lowest BCUT2D eigenvalue weighted by atomic mass is 10.1. The number of nitrogens with zero attached hydrogens (tertiary/aromatic N) is 1. The topological polar surface area (TPSA) is 12.4 Å². The first kappa shape index (κ1) is 10.2. The van der Waals surface area contributed by atoms with Gasteiger partial charge in [-0.1, -0.05) is 34.5 Å². The molecule has 0 aromatic rings. The fraction of sp³-hybridized carbons (Fsp3) is 0.444. The Morgan fingerprint density at radius 3 is 2.92 bits per heavy atom. The van der Waals surface area contributed by atoms with Gasteiger partial charge in [-0.3, -0.25) is 4.99 Å². The van der Waals surface area contributed by atoms with Crippen LogP contribution >= 0.6 is 31.9 Å². The third kappa shape index (κ3) is 3.23. The number of aliphatic imine (C=N–C) groups is 1. The zero-order valence-electron chi connectivity index (χ0n) is 6.98. The molecule has 1 aliphatic rings. The van der Waals surface area contributed by atoms with Crippen molar-refractivity contribution in [2.24, 2.45) is 4.99 Å². The highest BCUT2D eigenvalue weighted by atomic mass is 79.9. The summed E-state index contributed by atoms with van der Waals surface area (Å²) in [6.45, 7) is 2.92. The van der Waals surface area contributed by atoms with E-state index in [4.69, 9.17) is 0 Å². The van der Waals surface area contributed by atoms with Crippen molar-refractivity contribution >= 4 is 36.5 Å². The Hall–Kier alpha value is 0.110. The van der Waals surface area contributed by atoms with Crippen molar-refractivity contribution in [1.29, 1.82) is 0 Å². The van der Waals surface area contributed by atoms with Crippen LogP contribution in [0.4, 0.5) is 0 Å². The molecule has 1 aliphatic heterocycles. The zero-order valence-corrected chi connectivity index (χ0v) is 10.2. The molecule has 3 heteroatoms. The van der Waals surface area contributed by atoms with Gasteiger partial charge in [0.1, 0.15) is 4.62 Å². The predicted octanol–water partition coefficient (Wildman–Crippen LogP) is 3.80. The highest BCUT2D eigenvalue weighted by Crippen LogP contribution is 2.21. The monoisotopic (exact) mass is 291 g/mol. The third-order valence-corrected chi connectivity index (χ3v) is 2.81. The minimum atomic E-state index is 0.759. The second-order valence-electron chi connectivity index (χ2n) is 2.65. The molecule has 1 rings (SSSR count). The van der Waals surface area contributed by atoms with Gasteiger partial charge in [-0.25, -0.2) is 0 Å². The highest BCUT2D eigenvalue weighted by Gasteiger charge is 2.01. The van der Waals surface area contributed by atoms with Crippen LogP contribution in [0.3, 0.4) is 0 Å². The summed E-state index contributed by atoms with van der Waals surface area (Å²) in [4.78, 5) is 4.28. The number of allylic oxidation sites excluding steroid dienone is 3. The molecule has 0 radical (unpaired) electrons. The number of halogens is 2. The van der Waals surface area contributed by atoms with E-state index in [1.54, 1.807) is 0 Å². The fourth-order valence-electron chi connectivity index (χ4n) is 1.01. The quantitative estimate of drug-likeness (QED) is 0.697. The lowest BCUT2D eigenvalue weighted by Gasteiger charge is -2.06. The lowest BCUT2D eigenvalue weighted by molar-refractivity contribution is 1.02. The summed E-state index contributed by atoms with van der Waals surface area (Å²) in [5.41, 5.74) is 1.40. The number of hydrogen-bond acceptors (Lipinski definition) is 1. The van der Waals surface area contributed by atoms with Crippen LogP contribution in [0.1, 0.15) is 19.8 Å². The average molecular weight is 293 g/mol. The molecule has 0 saturated carbocycles. The van der Waals surface area contributed by atoms with E-state index in [2.05, 4.69) is 55.9 Å². The maximum atomic E-state index is 4.28. The van der Waals surface area contributed by atoms with Crippen LogP contribution in [0.2, 0.25) is 0 Å². The molecule has 0 aliphatic carbocycles. The van der Waals surface area contributed by atoms with Crippen LogP contribution in [-0.2, 0) is 0 Å². The first-order chi connectivity index (χ1) is 5.72. The van der Waals surface area contributed by atoms with Gasteiger partial charge in [0.2, 0.25) is 0 Å². The summed E-state index contributed by atoms with van der Waals surface area (Å²) < 4.78 is 2.19.